The molecule has 1 fully saturated rings. The van der Waals surface area contributed by atoms with Crippen molar-refractivity contribution in [3.8, 4) is 11.5 Å². The van der Waals surface area contributed by atoms with Gasteiger partial charge in [0.1, 0.15) is 11.5 Å². The van der Waals surface area contributed by atoms with Gasteiger partial charge in [0.15, 0.2) is 11.5 Å². The van der Waals surface area contributed by atoms with Gasteiger partial charge >= 0.3 is 5.97 Å². The van der Waals surface area contributed by atoms with E-state index in [2.05, 4.69) is 12.2 Å². The molecule has 7 heteroatoms. The van der Waals surface area contributed by atoms with E-state index >= 15 is 0 Å². The normalized spacial score (nSPS) is 18.0. The van der Waals surface area contributed by atoms with E-state index in [1.54, 1.807) is 6.08 Å². The van der Waals surface area contributed by atoms with Crippen LogP contribution in [0.2, 0.25) is 0 Å². The average Bonchev–Trinajstić information content (AvgIpc) is 3.24. The number of methoxy groups -OCH3 is 3. The molecule has 2 aromatic rings. The Hall–Kier alpha value is -3.22. The number of nitrogens with one attached hydrogen (secondary N) is 1. The summed E-state index contributed by atoms with van der Waals surface area (Å²) in [6, 6.07) is 6.74. The SMILES string of the molecule is COC(=O)c1cc(OC)c(OC)cc1NC(=O)/C=C/c1ccc([C@H]2C[C@H]2C)o1. The van der Waals surface area contributed by atoms with Gasteiger partial charge in [0.2, 0.25) is 5.91 Å². The third-order valence-electron chi connectivity index (χ3n) is 4.71. The number of hydrogen-bond acceptors (Lipinski definition) is 6. The summed E-state index contributed by atoms with van der Waals surface area (Å²) in [5.41, 5.74) is 0.413. The molecule has 1 heterocycles. The van der Waals surface area contributed by atoms with Crippen molar-refractivity contribution >= 4 is 23.6 Å². The molecule has 3 rings (SSSR count). The third-order valence-corrected chi connectivity index (χ3v) is 4.71. The van der Waals surface area contributed by atoms with Gasteiger partial charge in [-0.3, -0.25) is 4.79 Å². The molecule has 1 aromatic heterocycles. The van der Waals surface area contributed by atoms with Crippen LogP contribution in [0.4, 0.5) is 5.69 Å². The molecule has 0 saturated heterocycles. The summed E-state index contributed by atoms with van der Waals surface area (Å²) in [6.07, 6.45) is 4.06. The van der Waals surface area contributed by atoms with Crippen LogP contribution in [0.15, 0.2) is 34.8 Å². The molecule has 1 amide bonds. The lowest BCUT2D eigenvalue weighted by Gasteiger charge is -2.13. The van der Waals surface area contributed by atoms with Crippen LogP contribution in [0.1, 0.15) is 41.1 Å². The Morgan fingerprint density at radius 2 is 1.82 bits per heavy atom. The molecule has 0 unspecified atom stereocenters. The first-order chi connectivity index (χ1) is 13.5. The molecule has 0 radical (unpaired) electrons. The van der Waals surface area contributed by atoms with Crippen LogP contribution in [0.3, 0.4) is 0 Å². The predicted molar refractivity (Wildman–Crippen MR) is 104 cm³/mol. The quantitative estimate of drug-likeness (QED) is 0.575. The summed E-state index contributed by atoms with van der Waals surface area (Å²) in [7, 11) is 4.19. The van der Waals surface area contributed by atoms with Crippen molar-refractivity contribution in [1.82, 2.24) is 0 Å². The van der Waals surface area contributed by atoms with E-state index in [0.717, 1.165) is 12.2 Å². The highest BCUT2D eigenvalue weighted by Gasteiger charge is 2.36. The molecule has 148 valence electrons. The van der Waals surface area contributed by atoms with Crippen LogP contribution in [0, 0.1) is 5.92 Å². The lowest BCUT2D eigenvalue weighted by atomic mass is 10.1. The molecule has 0 spiro atoms. The van der Waals surface area contributed by atoms with Crippen LogP contribution in [-0.2, 0) is 9.53 Å². The number of rotatable bonds is 7. The topological polar surface area (TPSA) is 87.0 Å². The van der Waals surface area contributed by atoms with Gasteiger partial charge in [0.25, 0.3) is 0 Å². The van der Waals surface area contributed by atoms with Gasteiger partial charge in [0, 0.05) is 24.1 Å². The van der Waals surface area contributed by atoms with Gasteiger partial charge in [-0.25, -0.2) is 4.79 Å². The number of benzene rings is 1. The summed E-state index contributed by atoms with van der Waals surface area (Å²) < 4.78 is 21.0. The van der Waals surface area contributed by atoms with Gasteiger partial charge in [-0.15, -0.1) is 0 Å². The summed E-state index contributed by atoms with van der Waals surface area (Å²) in [5.74, 6) is 2.38. The van der Waals surface area contributed by atoms with Gasteiger partial charge in [-0.1, -0.05) is 6.92 Å². The maximum atomic E-state index is 12.3. The minimum Gasteiger partial charge on any atom is -0.493 e. The van der Waals surface area contributed by atoms with Crippen LogP contribution in [0.25, 0.3) is 6.08 Å². The molecule has 7 nitrogen and oxygen atoms in total. The summed E-state index contributed by atoms with van der Waals surface area (Å²) >= 11 is 0. The maximum absolute atomic E-state index is 12.3. The van der Waals surface area contributed by atoms with Crippen LogP contribution in [0.5, 0.6) is 11.5 Å². The van der Waals surface area contributed by atoms with Crippen molar-refractivity contribution in [2.24, 2.45) is 5.92 Å². The second-order valence-corrected chi connectivity index (χ2v) is 6.63. The van der Waals surface area contributed by atoms with Gasteiger partial charge in [-0.05, 0) is 30.5 Å². The number of anilines is 1. The monoisotopic (exact) mass is 385 g/mol. The second-order valence-electron chi connectivity index (χ2n) is 6.63. The van der Waals surface area contributed by atoms with E-state index in [1.165, 1.54) is 39.5 Å². The molecular weight excluding hydrogens is 362 g/mol. The average molecular weight is 385 g/mol. The Morgan fingerprint density at radius 1 is 1.14 bits per heavy atom. The Bertz CT molecular complexity index is 914. The number of ether oxygens (including phenoxy) is 3. The van der Waals surface area contributed by atoms with Crippen LogP contribution < -0.4 is 14.8 Å². The molecule has 1 saturated carbocycles. The molecular formula is C21H23NO6. The minimum atomic E-state index is -0.602. The lowest BCUT2D eigenvalue weighted by molar-refractivity contribution is -0.111. The fourth-order valence-electron chi connectivity index (χ4n) is 2.97. The van der Waals surface area contributed by atoms with Crippen molar-refractivity contribution in [3.63, 3.8) is 0 Å². The fraction of sp³-hybridized carbons (Fsp3) is 0.333. The maximum Gasteiger partial charge on any atom is 0.340 e. The smallest absolute Gasteiger partial charge is 0.340 e. The molecule has 0 aliphatic heterocycles. The second kappa shape index (κ2) is 8.21. The lowest BCUT2D eigenvalue weighted by Crippen LogP contribution is -2.13. The zero-order valence-electron chi connectivity index (χ0n) is 16.3. The minimum absolute atomic E-state index is 0.157. The molecule has 1 aromatic carbocycles. The van der Waals surface area contributed by atoms with Crippen molar-refractivity contribution in [3.05, 3.63) is 47.4 Å². The number of hydrogen-bond donors (Lipinski definition) is 1. The zero-order valence-corrected chi connectivity index (χ0v) is 16.3. The predicted octanol–water partition coefficient (Wildman–Crippen LogP) is 3.86. The Kier molecular flexibility index (Phi) is 5.73. The van der Waals surface area contributed by atoms with Crippen molar-refractivity contribution in [2.75, 3.05) is 26.6 Å². The van der Waals surface area contributed by atoms with Crippen LogP contribution in [-0.4, -0.2) is 33.2 Å². The first-order valence-corrected chi connectivity index (χ1v) is 8.90. The highest BCUT2D eigenvalue weighted by molar-refractivity contribution is 6.06. The summed E-state index contributed by atoms with van der Waals surface area (Å²) in [6.45, 7) is 2.18. The molecule has 28 heavy (non-hydrogen) atoms. The van der Waals surface area contributed by atoms with Crippen LogP contribution >= 0.6 is 0 Å². The molecule has 1 aliphatic rings. The third kappa shape index (κ3) is 4.19. The van der Waals surface area contributed by atoms with E-state index in [4.69, 9.17) is 18.6 Å². The van der Waals surface area contributed by atoms with Crippen molar-refractivity contribution < 1.29 is 28.2 Å². The zero-order chi connectivity index (χ0) is 20.3. The standard InChI is InChI=1S/C21H23NO6/c1-12-9-14(12)17-7-5-13(28-17)6-8-20(23)22-16-11-19(26-3)18(25-2)10-15(16)21(24)27-4/h5-8,10-12,14H,9H2,1-4H3,(H,22,23)/b8-6+/t12-,14+/m1/s1. The number of esters is 1. The first kappa shape index (κ1) is 19.5. The Labute approximate surface area is 163 Å². The highest BCUT2D eigenvalue weighted by Crippen LogP contribution is 2.47. The van der Waals surface area contributed by atoms with Gasteiger partial charge in [-0.2, -0.15) is 0 Å². The molecule has 2 atom stereocenters. The van der Waals surface area contributed by atoms with E-state index in [-0.39, 0.29) is 11.3 Å². The number of carbonyl (C=O) groups excluding carboxylic acids is 2. The first-order valence-electron chi connectivity index (χ1n) is 8.90. The number of furan rings is 1. The van der Waals surface area contributed by atoms with Crippen molar-refractivity contribution in [1.29, 1.82) is 0 Å². The summed E-state index contributed by atoms with van der Waals surface area (Å²) in [5, 5.41) is 2.67. The number of carbonyl (C=O) groups is 2. The van der Waals surface area contributed by atoms with E-state index in [1.807, 2.05) is 12.1 Å². The van der Waals surface area contributed by atoms with E-state index in [9.17, 15) is 9.59 Å². The van der Waals surface area contributed by atoms with E-state index < -0.39 is 11.9 Å². The van der Waals surface area contributed by atoms with Gasteiger partial charge < -0.3 is 23.9 Å². The van der Waals surface area contributed by atoms with Gasteiger partial charge in [0.05, 0.1) is 32.6 Å². The Balaban J connectivity index is 1.76. The number of amides is 1. The molecule has 1 aliphatic carbocycles. The Morgan fingerprint density at radius 3 is 2.43 bits per heavy atom. The largest absolute Gasteiger partial charge is 0.493 e. The highest BCUT2D eigenvalue weighted by atomic mass is 16.5. The van der Waals surface area contributed by atoms with E-state index in [0.29, 0.717) is 29.1 Å². The molecule has 1 N–H and O–H groups in total. The summed E-state index contributed by atoms with van der Waals surface area (Å²) in [4.78, 5) is 24.4. The fourth-order valence-corrected chi connectivity index (χ4v) is 2.97. The van der Waals surface area contributed by atoms with Crippen molar-refractivity contribution in [2.45, 2.75) is 19.3 Å². The molecule has 0 bridgehead atoms.